The molecule has 2 N–H and O–H groups in total. The Morgan fingerprint density at radius 2 is 1.96 bits per heavy atom. The summed E-state index contributed by atoms with van der Waals surface area (Å²) in [5, 5.41) is 13.9. The van der Waals surface area contributed by atoms with E-state index < -0.39 is 6.10 Å². The number of hydrogen-bond donors (Lipinski definition) is 2. The summed E-state index contributed by atoms with van der Waals surface area (Å²) in [5.41, 5.74) is 1.20. The summed E-state index contributed by atoms with van der Waals surface area (Å²) in [5.74, 6) is 3.74. The van der Waals surface area contributed by atoms with Crippen LogP contribution in [-0.4, -0.2) is 67.0 Å². The topological polar surface area (TPSA) is 54.0 Å². The summed E-state index contributed by atoms with van der Waals surface area (Å²) >= 11 is 1.98. The number of ether oxygens (including phenoxy) is 2. The molecule has 2 aliphatic rings. The Labute approximate surface area is 167 Å². The van der Waals surface area contributed by atoms with Crippen molar-refractivity contribution >= 4 is 11.8 Å². The van der Waals surface area contributed by atoms with Gasteiger partial charge in [-0.2, -0.15) is 11.8 Å². The average molecular weight is 395 g/mol. The number of aliphatic hydroxyl groups is 1. The molecule has 1 heterocycles. The van der Waals surface area contributed by atoms with E-state index in [2.05, 4.69) is 16.3 Å². The van der Waals surface area contributed by atoms with Gasteiger partial charge in [0.1, 0.15) is 12.7 Å². The van der Waals surface area contributed by atoms with Crippen LogP contribution in [0.4, 0.5) is 0 Å². The molecule has 1 saturated carbocycles. The number of methoxy groups -OCH3 is 1. The van der Waals surface area contributed by atoms with Crippen molar-refractivity contribution in [1.82, 2.24) is 10.2 Å². The van der Waals surface area contributed by atoms with Gasteiger partial charge in [0, 0.05) is 43.7 Å². The third kappa shape index (κ3) is 6.86. The SMILES string of the molecule is COc1cc(CNC2CCCCC2)ccc1OC[C@H](O)CN1CCSCC1. The quantitative estimate of drug-likeness (QED) is 0.672. The van der Waals surface area contributed by atoms with Crippen LogP contribution in [0.2, 0.25) is 0 Å². The minimum absolute atomic E-state index is 0.291. The molecule has 0 amide bonds. The smallest absolute Gasteiger partial charge is 0.161 e. The molecule has 0 bridgehead atoms. The third-order valence-corrected chi connectivity index (χ3v) is 6.37. The highest BCUT2D eigenvalue weighted by Gasteiger charge is 2.17. The van der Waals surface area contributed by atoms with Gasteiger partial charge in [-0.3, -0.25) is 4.90 Å². The van der Waals surface area contributed by atoms with Crippen molar-refractivity contribution in [3.63, 3.8) is 0 Å². The van der Waals surface area contributed by atoms with Crippen molar-refractivity contribution in [1.29, 1.82) is 0 Å². The number of hydrogen-bond acceptors (Lipinski definition) is 6. The summed E-state index contributed by atoms with van der Waals surface area (Å²) in [6.07, 6.45) is 6.14. The predicted octanol–water partition coefficient (Wildman–Crippen LogP) is 2.91. The normalized spacial score (nSPS) is 20.4. The molecule has 6 heteroatoms. The lowest BCUT2D eigenvalue weighted by atomic mass is 9.95. The summed E-state index contributed by atoms with van der Waals surface area (Å²) < 4.78 is 11.4. The molecule has 1 aliphatic carbocycles. The van der Waals surface area contributed by atoms with Gasteiger partial charge in [0.15, 0.2) is 11.5 Å². The van der Waals surface area contributed by atoms with Crippen LogP contribution < -0.4 is 14.8 Å². The number of aliphatic hydroxyl groups excluding tert-OH is 1. The van der Waals surface area contributed by atoms with Crippen molar-refractivity contribution in [2.45, 2.75) is 50.8 Å². The molecule has 27 heavy (non-hydrogen) atoms. The van der Waals surface area contributed by atoms with Gasteiger partial charge in [0.2, 0.25) is 0 Å². The molecule has 1 aliphatic heterocycles. The number of nitrogens with zero attached hydrogens (tertiary/aromatic N) is 1. The van der Waals surface area contributed by atoms with Crippen molar-refractivity contribution < 1.29 is 14.6 Å². The van der Waals surface area contributed by atoms with Gasteiger partial charge in [-0.05, 0) is 30.5 Å². The van der Waals surface area contributed by atoms with Gasteiger partial charge >= 0.3 is 0 Å². The first-order valence-corrected chi connectivity index (χ1v) is 11.4. The van der Waals surface area contributed by atoms with E-state index in [1.165, 1.54) is 37.7 Å². The van der Waals surface area contributed by atoms with Crippen LogP contribution in [0.1, 0.15) is 37.7 Å². The number of β-amino-alcohol motifs (C(OH)–C–C–N with tert-alkyl or cyclic N) is 1. The summed E-state index contributed by atoms with van der Waals surface area (Å²) in [4.78, 5) is 2.31. The van der Waals surface area contributed by atoms with Crippen molar-refractivity contribution in [3.8, 4) is 11.5 Å². The van der Waals surface area contributed by atoms with Crippen LogP contribution in [0.3, 0.4) is 0 Å². The fourth-order valence-electron chi connectivity index (χ4n) is 3.83. The van der Waals surface area contributed by atoms with E-state index >= 15 is 0 Å². The van der Waals surface area contributed by atoms with Crippen LogP contribution in [0.15, 0.2) is 18.2 Å². The van der Waals surface area contributed by atoms with Crippen LogP contribution in [0.5, 0.6) is 11.5 Å². The van der Waals surface area contributed by atoms with E-state index in [0.717, 1.165) is 36.9 Å². The van der Waals surface area contributed by atoms with Gasteiger partial charge in [-0.15, -0.1) is 0 Å². The summed E-state index contributed by atoms with van der Waals surface area (Å²) in [6.45, 7) is 3.92. The van der Waals surface area contributed by atoms with E-state index in [1.807, 2.05) is 23.9 Å². The van der Waals surface area contributed by atoms with Crippen molar-refractivity contribution in [2.24, 2.45) is 0 Å². The first-order chi connectivity index (χ1) is 13.2. The lowest BCUT2D eigenvalue weighted by Crippen LogP contribution is -2.40. The Balaban J connectivity index is 1.46. The minimum atomic E-state index is -0.481. The first kappa shape index (κ1) is 20.8. The van der Waals surface area contributed by atoms with Crippen molar-refractivity contribution in [3.05, 3.63) is 23.8 Å². The minimum Gasteiger partial charge on any atom is -0.493 e. The van der Waals surface area contributed by atoms with E-state index in [4.69, 9.17) is 9.47 Å². The zero-order valence-electron chi connectivity index (χ0n) is 16.5. The van der Waals surface area contributed by atoms with Crippen LogP contribution in [0, 0.1) is 0 Å². The number of benzene rings is 1. The summed E-state index contributed by atoms with van der Waals surface area (Å²) in [6, 6.07) is 6.73. The Hall–Kier alpha value is -0.950. The fourth-order valence-corrected chi connectivity index (χ4v) is 4.81. The molecule has 1 aromatic rings. The maximum atomic E-state index is 10.3. The first-order valence-electron chi connectivity index (χ1n) is 10.3. The second kappa shape index (κ2) is 11.1. The lowest BCUT2D eigenvalue weighted by molar-refractivity contribution is 0.0705. The second-order valence-corrected chi connectivity index (χ2v) is 8.80. The molecule has 5 nitrogen and oxygen atoms in total. The van der Waals surface area contributed by atoms with Gasteiger partial charge in [-0.25, -0.2) is 0 Å². The highest BCUT2D eigenvalue weighted by molar-refractivity contribution is 7.99. The van der Waals surface area contributed by atoms with Crippen LogP contribution >= 0.6 is 11.8 Å². The standard InChI is InChI=1S/C21H34N2O3S/c1-25-21-13-17(14-22-18-5-3-2-4-6-18)7-8-20(21)26-16-19(24)15-23-9-11-27-12-10-23/h7-8,13,18-19,22,24H,2-6,9-12,14-16H2,1H3/t19-/m1/s1. The Bertz CT molecular complexity index is 560. The highest BCUT2D eigenvalue weighted by Crippen LogP contribution is 2.28. The lowest BCUT2D eigenvalue weighted by Gasteiger charge is -2.28. The molecular weight excluding hydrogens is 360 g/mol. The molecule has 1 atom stereocenters. The molecule has 0 radical (unpaired) electrons. The molecule has 0 aromatic heterocycles. The molecule has 1 saturated heterocycles. The molecule has 0 spiro atoms. The third-order valence-electron chi connectivity index (χ3n) is 5.43. The van der Waals surface area contributed by atoms with Crippen LogP contribution in [-0.2, 0) is 6.54 Å². The zero-order valence-corrected chi connectivity index (χ0v) is 17.3. The van der Waals surface area contributed by atoms with Gasteiger partial charge in [0.05, 0.1) is 7.11 Å². The maximum Gasteiger partial charge on any atom is 0.161 e. The van der Waals surface area contributed by atoms with E-state index in [-0.39, 0.29) is 0 Å². The highest BCUT2D eigenvalue weighted by atomic mass is 32.2. The number of thioether (sulfide) groups is 1. The van der Waals surface area contributed by atoms with E-state index in [1.54, 1.807) is 7.11 Å². The molecule has 152 valence electrons. The Kier molecular flexibility index (Phi) is 8.58. The molecule has 2 fully saturated rings. The van der Waals surface area contributed by atoms with Gasteiger partial charge < -0.3 is 19.9 Å². The predicted molar refractivity (Wildman–Crippen MR) is 112 cm³/mol. The number of nitrogens with one attached hydrogen (secondary N) is 1. The largest absolute Gasteiger partial charge is 0.493 e. The maximum absolute atomic E-state index is 10.3. The monoisotopic (exact) mass is 394 g/mol. The van der Waals surface area contributed by atoms with Gasteiger partial charge in [0.25, 0.3) is 0 Å². The van der Waals surface area contributed by atoms with E-state index in [0.29, 0.717) is 24.9 Å². The molecule has 1 aromatic carbocycles. The van der Waals surface area contributed by atoms with Crippen LogP contribution in [0.25, 0.3) is 0 Å². The van der Waals surface area contributed by atoms with Gasteiger partial charge in [-0.1, -0.05) is 25.3 Å². The van der Waals surface area contributed by atoms with Crippen molar-refractivity contribution in [2.75, 3.05) is 44.9 Å². The molecule has 3 rings (SSSR count). The molecular formula is C21H34N2O3S. The Morgan fingerprint density at radius 3 is 2.70 bits per heavy atom. The average Bonchev–Trinajstić information content (AvgIpc) is 2.72. The molecule has 0 unspecified atom stereocenters. The number of rotatable bonds is 9. The van der Waals surface area contributed by atoms with E-state index in [9.17, 15) is 5.11 Å². The fraction of sp³-hybridized carbons (Fsp3) is 0.714. The zero-order chi connectivity index (χ0) is 18.9. The second-order valence-electron chi connectivity index (χ2n) is 7.58. The summed E-state index contributed by atoms with van der Waals surface area (Å²) in [7, 11) is 1.67. The Morgan fingerprint density at radius 1 is 1.19 bits per heavy atom.